The largest absolute Gasteiger partial charge is 0.466 e. The first-order valence-corrected chi connectivity index (χ1v) is 4.84. The van der Waals surface area contributed by atoms with Crippen molar-refractivity contribution in [3.05, 3.63) is 12.2 Å². The Balaban J connectivity index is 2.08. The summed E-state index contributed by atoms with van der Waals surface area (Å²) in [6.07, 6.45) is 5.27. The van der Waals surface area contributed by atoms with E-state index in [1.807, 2.05) is 6.92 Å². The molecule has 2 aliphatic carbocycles. The van der Waals surface area contributed by atoms with E-state index in [1.165, 1.54) is 0 Å². The molecule has 0 radical (unpaired) electrons. The molecule has 13 heavy (non-hydrogen) atoms. The Kier molecular flexibility index (Phi) is 2.12. The number of esters is 1. The number of nitrogens with two attached hydrogens (primary N) is 1. The fourth-order valence-corrected chi connectivity index (χ4v) is 2.43. The number of ether oxygens (including phenoxy) is 1. The van der Waals surface area contributed by atoms with E-state index in [-0.39, 0.29) is 17.9 Å². The second-order valence-electron chi connectivity index (χ2n) is 3.80. The van der Waals surface area contributed by atoms with Crippen LogP contribution in [0, 0.1) is 17.8 Å². The molecule has 3 nitrogen and oxygen atoms in total. The number of carbonyl (C=O) groups excluding carboxylic acids is 1. The molecule has 0 heterocycles. The molecule has 2 N–H and O–H groups in total. The van der Waals surface area contributed by atoms with Crippen LogP contribution in [0.3, 0.4) is 0 Å². The minimum Gasteiger partial charge on any atom is -0.466 e. The minimum absolute atomic E-state index is 0.0194. The van der Waals surface area contributed by atoms with Crippen molar-refractivity contribution in [2.45, 2.75) is 19.4 Å². The molecule has 72 valence electrons. The van der Waals surface area contributed by atoms with Crippen LogP contribution < -0.4 is 5.73 Å². The van der Waals surface area contributed by atoms with Crippen LogP contribution >= 0.6 is 0 Å². The number of carbonyl (C=O) groups is 1. The van der Waals surface area contributed by atoms with Crippen LogP contribution in [0.5, 0.6) is 0 Å². The standard InChI is InChI=1S/C10H15NO2/c1-2-13-10(12)8-6-3-4-7(5-6)9(8)11/h3-4,6-9H,2,5,11H2,1H3/t6-,7-,8-,9-/m0/s1. The summed E-state index contributed by atoms with van der Waals surface area (Å²) in [4.78, 5) is 11.5. The van der Waals surface area contributed by atoms with Gasteiger partial charge in [0.1, 0.15) is 0 Å². The summed E-state index contributed by atoms with van der Waals surface area (Å²) in [6, 6.07) is -0.0194. The maximum atomic E-state index is 11.5. The summed E-state index contributed by atoms with van der Waals surface area (Å²) in [5, 5.41) is 0. The Labute approximate surface area is 77.9 Å². The first kappa shape index (κ1) is 8.75. The molecule has 2 rings (SSSR count). The lowest BCUT2D eigenvalue weighted by Gasteiger charge is -2.22. The fourth-order valence-electron chi connectivity index (χ4n) is 2.43. The van der Waals surface area contributed by atoms with Crippen LogP contribution in [0.4, 0.5) is 0 Å². The van der Waals surface area contributed by atoms with E-state index in [9.17, 15) is 4.79 Å². The highest BCUT2D eigenvalue weighted by atomic mass is 16.5. The van der Waals surface area contributed by atoms with Crippen LogP contribution in [0.1, 0.15) is 13.3 Å². The van der Waals surface area contributed by atoms with Gasteiger partial charge >= 0.3 is 5.97 Å². The molecular weight excluding hydrogens is 166 g/mol. The molecule has 0 aliphatic heterocycles. The highest BCUT2D eigenvalue weighted by Gasteiger charge is 2.46. The molecule has 0 aromatic heterocycles. The maximum Gasteiger partial charge on any atom is 0.311 e. The molecule has 0 saturated heterocycles. The van der Waals surface area contributed by atoms with Gasteiger partial charge in [-0.15, -0.1) is 0 Å². The molecular formula is C10H15NO2. The predicted octanol–water partition coefficient (Wildman–Crippen LogP) is 0.699. The Morgan fingerprint density at radius 2 is 2.23 bits per heavy atom. The van der Waals surface area contributed by atoms with Crippen molar-refractivity contribution >= 4 is 5.97 Å². The smallest absolute Gasteiger partial charge is 0.311 e. The number of fused-ring (bicyclic) bond motifs is 2. The highest BCUT2D eigenvalue weighted by molar-refractivity contribution is 5.75. The summed E-state index contributed by atoms with van der Waals surface area (Å²) in [6.45, 7) is 2.27. The lowest BCUT2D eigenvalue weighted by atomic mass is 9.90. The molecule has 0 aromatic rings. The quantitative estimate of drug-likeness (QED) is 0.504. The van der Waals surface area contributed by atoms with Crippen molar-refractivity contribution < 1.29 is 9.53 Å². The summed E-state index contributed by atoms with van der Waals surface area (Å²) in [5.74, 6) is 0.528. The maximum absolute atomic E-state index is 11.5. The first-order chi connectivity index (χ1) is 6.24. The topological polar surface area (TPSA) is 52.3 Å². The van der Waals surface area contributed by atoms with E-state index < -0.39 is 0 Å². The second kappa shape index (κ2) is 3.14. The number of hydrogen-bond acceptors (Lipinski definition) is 3. The van der Waals surface area contributed by atoms with E-state index >= 15 is 0 Å². The summed E-state index contributed by atoms with van der Waals surface area (Å²) >= 11 is 0. The minimum atomic E-state index is -0.119. The molecule has 4 atom stereocenters. The molecule has 3 heteroatoms. The molecule has 2 aliphatic rings. The summed E-state index contributed by atoms with van der Waals surface area (Å²) in [5.41, 5.74) is 5.94. The van der Waals surface area contributed by atoms with Gasteiger partial charge in [0, 0.05) is 6.04 Å². The molecule has 2 bridgehead atoms. The Morgan fingerprint density at radius 1 is 1.54 bits per heavy atom. The number of rotatable bonds is 2. The third-order valence-electron chi connectivity index (χ3n) is 3.08. The Bertz CT molecular complexity index is 249. The third-order valence-corrected chi connectivity index (χ3v) is 3.08. The average Bonchev–Trinajstić information content (AvgIpc) is 2.63. The first-order valence-electron chi connectivity index (χ1n) is 4.84. The van der Waals surface area contributed by atoms with E-state index in [2.05, 4.69) is 12.2 Å². The molecule has 1 fully saturated rings. The Morgan fingerprint density at radius 3 is 2.77 bits per heavy atom. The van der Waals surface area contributed by atoms with Gasteiger partial charge in [0.05, 0.1) is 12.5 Å². The average molecular weight is 181 g/mol. The molecule has 0 amide bonds. The van der Waals surface area contributed by atoms with Crippen molar-refractivity contribution in [3.63, 3.8) is 0 Å². The molecule has 0 aromatic carbocycles. The highest BCUT2D eigenvalue weighted by Crippen LogP contribution is 2.43. The number of allylic oxidation sites excluding steroid dienone is 1. The normalized spacial score (nSPS) is 41.1. The van der Waals surface area contributed by atoms with Crippen LogP contribution in [0.25, 0.3) is 0 Å². The van der Waals surface area contributed by atoms with Crippen molar-refractivity contribution in [1.82, 2.24) is 0 Å². The monoisotopic (exact) mass is 181 g/mol. The van der Waals surface area contributed by atoms with Gasteiger partial charge in [0.2, 0.25) is 0 Å². The summed E-state index contributed by atoms with van der Waals surface area (Å²) in [7, 11) is 0. The molecule has 1 saturated carbocycles. The zero-order chi connectivity index (χ0) is 9.42. The van der Waals surface area contributed by atoms with Gasteiger partial charge in [0.15, 0.2) is 0 Å². The van der Waals surface area contributed by atoms with Crippen molar-refractivity contribution in [3.8, 4) is 0 Å². The molecule has 0 unspecified atom stereocenters. The van der Waals surface area contributed by atoms with E-state index in [1.54, 1.807) is 0 Å². The predicted molar refractivity (Wildman–Crippen MR) is 48.8 cm³/mol. The zero-order valence-corrected chi connectivity index (χ0v) is 7.77. The second-order valence-corrected chi connectivity index (χ2v) is 3.80. The summed E-state index contributed by atoms with van der Waals surface area (Å²) < 4.78 is 5.00. The van der Waals surface area contributed by atoms with Gasteiger partial charge in [-0.2, -0.15) is 0 Å². The van der Waals surface area contributed by atoms with E-state index in [4.69, 9.17) is 10.5 Å². The van der Waals surface area contributed by atoms with Gasteiger partial charge in [-0.1, -0.05) is 12.2 Å². The van der Waals surface area contributed by atoms with Crippen molar-refractivity contribution in [2.24, 2.45) is 23.5 Å². The van der Waals surface area contributed by atoms with E-state index in [0.717, 1.165) is 6.42 Å². The van der Waals surface area contributed by atoms with Gasteiger partial charge in [0.25, 0.3) is 0 Å². The van der Waals surface area contributed by atoms with Crippen LogP contribution in [0.15, 0.2) is 12.2 Å². The zero-order valence-electron chi connectivity index (χ0n) is 7.77. The van der Waals surface area contributed by atoms with E-state index in [0.29, 0.717) is 18.4 Å². The van der Waals surface area contributed by atoms with Gasteiger partial charge < -0.3 is 10.5 Å². The third kappa shape index (κ3) is 1.27. The number of hydrogen-bond donors (Lipinski definition) is 1. The van der Waals surface area contributed by atoms with Crippen LogP contribution in [0.2, 0.25) is 0 Å². The van der Waals surface area contributed by atoms with Crippen LogP contribution in [-0.4, -0.2) is 18.6 Å². The molecule has 0 spiro atoms. The van der Waals surface area contributed by atoms with Crippen molar-refractivity contribution in [2.75, 3.05) is 6.61 Å². The van der Waals surface area contributed by atoms with Gasteiger partial charge in [-0.25, -0.2) is 0 Å². The van der Waals surface area contributed by atoms with Crippen molar-refractivity contribution in [1.29, 1.82) is 0 Å². The Hall–Kier alpha value is -0.830. The lowest BCUT2D eigenvalue weighted by molar-refractivity contribution is -0.149. The lowest BCUT2D eigenvalue weighted by Crippen LogP contribution is -2.39. The van der Waals surface area contributed by atoms with Crippen LogP contribution in [-0.2, 0) is 9.53 Å². The van der Waals surface area contributed by atoms with Gasteiger partial charge in [-0.05, 0) is 25.2 Å². The van der Waals surface area contributed by atoms with Gasteiger partial charge in [-0.3, -0.25) is 4.79 Å². The SMILES string of the molecule is CCOC(=O)[C@@H]1[C@@H](N)[C@H]2C=C[C@H]1C2. The fraction of sp³-hybridized carbons (Fsp3) is 0.700.